The first-order chi connectivity index (χ1) is 18.9. The second kappa shape index (κ2) is 13.5. The predicted molar refractivity (Wildman–Crippen MR) is 158 cm³/mol. The number of benzene rings is 3. The second-order valence-corrected chi connectivity index (χ2v) is 12.2. The van der Waals surface area contributed by atoms with Crippen molar-refractivity contribution in [1.82, 2.24) is 10.2 Å². The molecule has 0 saturated carbocycles. The van der Waals surface area contributed by atoms with E-state index in [2.05, 4.69) is 5.32 Å². The first-order valence-corrected chi connectivity index (χ1v) is 14.7. The molecule has 3 rings (SSSR count). The van der Waals surface area contributed by atoms with E-state index in [9.17, 15) is 18.0 Å². The van der Waals surface area contributed by atoms with Gasteiger partial charge in [-0.15, -0.1) is 0 Å². The third kappa shape index (κ3) is 7.85. The highest BCUT2D eigenvalue weighted by molar-refractivity contribution is 7.92. The summed E-state index contributed by atoms with van der Waals surface area (Å²) >= 11 is 0. The summed E-state index contributed by atoms with van der Waals surface area (Å²) in [7, 11) is -2.52. The molecule has 0 aliphatic rings. The molecule has 2 amide bonds. The molecule has 0 heterocycles. The lowest BCUT2D eigenvalue weighted by Gasteiger charge is -2.32. The Labute approximate surface area is 238 Å². The van der Waals surface area contributed by atoms with Crippen molar-refractivity contribution in [1.29, 1.82) is 0 Å². The van der Waals surface area contributed by atoms with Gasteiger partial charge in [-0.05, 0) is 68.7 Å². The van der Waals surface area contributed by atoms with E-state index in [0.29, 0.717) is 18.0 Å². The quantitative estimate of drug-likeness (QED) is 0.344. The SMILES string of the molecule is COc1ccc(CN(C(=O)CN(c2ccc(C)cc2)S(=O)(=O)c2ccc(C)cc2)[C@@H](C)C(=O)NCC(C)C)cc1. The summed E-state index contributed by atoms with van der Waals surface area (Å²) in [5, 5.41) is 2.89. The zero-order chi connectivity index (χ0) is 29.4. The molecule has 0 aliphatic heterocycles. The third-order valence-electron chi connectivity index (χ3n) is 6.57. The number of amides is 2. The lowest BCUT2D eigenvalue weighted by atomic mass is 10.1. The van der Waals surface area contributed by atoms with Crippen molar-refractivity contribution in [3.8, 4) is 5.75 Å². The Bertz CT molecular complexity index is 1390. The number of anilines is 1. The summed E-state index contributed by atoms with van der Waals surface area (Å²) in [4.78, 5) is 28.5. The zero-order valence-corrected chi connectivity index (χ0v) is 24.9. The molecule has 1 atom stereocenters. The van der Waals surface area contributed by atoms with Gasteiger partial charge in [0, 0.05) is 13.1 Å². The fourth-order valence-corrected chi connectivity index (χ4v) is 5.45. The van der Waals surface area contributed by atoms with Crippen LogP contribution >= 0.6 is 0 Å². The highest BCUT2D eigenvalue weighted by Gasteiger charge is 2.32. The van der Waals surface area contributed by atoms with Crippen molar-refractivity contribution in [2.75, 3.05) is 24.5 Å². The van der Waals surface area contributed by atoms with E-state index in [0.717, 1.165) is 21.0 Å². The fraction of sp³-hybridized carbons (Fsp3) is 0.355. The lowest BCUT2D eigenvalue weighted by Crippen LogP contribution is -2.51. The molecule has 3 aromatic rings. The van der Waals surface area contributed by atoms with Crippen LogP contribution in [-0.4, -0.2) is 51.4 Å². The van der Waals surface area contributed by atoms with Crippen LogP contribution < -0.4 is 14.4 Å². The van der Waals surface area contributed by atoms with Gasteiger partial charge in [0.15, 0.2) is 0 Å². The van der Waals surface area contributed by atoms with Crippen molar-refractivity contribution in [3.05, 3.63) is 89.5 Å². The standard InChI is InChI=1S/C31H39N3O5S/c1-22(2)19-32-31(36)25(5)33(20-26-11-15-28(39-6)16-12-26)30(35)21-34(27-13-7-23(3)8-14-27)40(37,38)29-17-9-24(4)10-18-29/h7-18,22,25H,19-21H2,1-6H3,(H,32,36)/t25-/m0/s1. The molecule has 0 aliphatic carbocycles. The van der Waals surface area contributed by atoms with Crippen LogP contribution in [0, 0.1) is 19.8 Å². The van der Waals surface area contributed by atoms with E-state index in [-0.39, 0.29) is 23.3 Å². The Morgan fingerprint density at radius 3 is 1.93 bits per heavy atom. The Kier molecular flexibility index (Phi) is 10.3. The summed E-state index contributed by atoms with van der Waals surface area (Å²) < 4.78 is 34.1. The van der Waals surface area contributed by atoms with Crippen LogP contribution in [0.5, 0.6) is 5.75 Å². The highest BCUT2D eigenvalue weighted by atomic mass is 32.2. The van der Waals surface area contributed by atoms with Crippen molar-refractivity contribution >= 4 is 27.5 Å². The topological polar surface area (TPSA) is 96.0 Å². The number of aryl methyl sites for hydroxylation is 2. The minimum absolute atomic E-state index is 0.0795. The third-order valence-corrected chi connectivity index (χ3v) is 8.36. The molecular formula is C31H39N3O5S. The molecule has 3 aromatic carbocycles. The number of rotatable bonds is 12. The molecular weight excluding hydrogens is 526 g/mol. The number of carbonyl (C=O) groups excluding carboxylic acids is 2. The average Bonchev–Trinajstić information content (AvgIpc) is 2.93. The van der Waals surface area contributed by atoms with Crippen LogP contribution in [0.25, 0.3) is 0 Å². The van der Waals surface area contributed by atoms with E-state index in [1.165, 1.54) is 17.0 Å². The van der Waals surface area contributed by atoms with Gasteiger partial charge >= 0.3 is 0 Å². The van der Waals surface area contributed by atoms with Gasteiger partial charge < -0.3 is 15.0 Å². The lowest BCUT2D eigenvalue weighted by molar-refractivity contribution is -0.139. The fourth-order valence-electron chi connectivity index (χ4n) is 4.04. The summed E-state index contributed by atoms with van der Waals surface area (Å²) in [6, 6.07) is 19.8. The van der Waals surface area contributed by atoms with Gasteiger partial charge in [-0.25, -0.2) is 8.42 Å². The normalized spacial score (nSPS) is 12.1. The van der Waals surface area contributed by atoms with Gasteiger partial charge in [0.05, 0.1) is 17.7 Å². The molecule has 8 nitrogen and oxygen atoms in total. The van der Waals surface area contributed by atoms with Gasteiger partial charge in [-0.2, -0.15) is 0 Å². The smallest absolute Gasteiger partial charge is 0.264 e. The number of hydrogen-bond donors (Lipinski definition) is 1. The van der Waals surface area contributed by atoms with Gasteiger partial charge in [0.2, 0.25) is 11.8 Å². The van der Waals surface area contributed by atoms with Gasteiger partial charge in [0.1, 0.15) is 18.3 Å². The van der Waals surface area contributed by atoms with E-state index in [1.54, 1.807) is 62.6 Å². The number of methoxy groups -OCH3 is 1. The zero-order valence-electron chi connectivity index (χ0n) is 24.0. The number of carbonyl (C=O) groups is 2. The first-order valence-electron chi connectivity index (χ1n) is 13.3. The Balaban J connectivity index is 2.00. The van der Waals surface area contributed by atoms with E-state index >= 15 is 0 Å². The molecule has 1 N–H and O–H groups in total. The highest BCUT2D eigenvalue weighted by Crippen LogP contribution is 2.25. The molecule has 0 aromatic heterocycles. The molecule has 9 heteroatoms. The van der Waals surface area contributed by atoms with Crippen LogP contribution in [0.15, 0.2) is 77.7 Å². The number of ether oxygens (including phenoxy) is 1. The Morgan fingerprint density at radius 2 is 1.40 bits per heavy atom. The van der Waals surface area contributed by atoms with Crippen molar-refractivity contribution in [2.24, 2.45) is 5.92 Å². The summed E-state index contributed by atoms with van der Waals surface area (Å²) in [6.07, 6.45) is 0. The molecule has 214 valence electrons. The summed E-state index contributed by atoms with van der Waals surface area (Å²) in [5.41, 5.74) is 3.02. The Hall–Kier alpha value is -3.85. The number of hydrogen-bond acceptors (Lipinski definition) is 5. The molecule has 0 bridgehead atoms. The van der Waals surface area contributed by atoms with Gasteiger partial charge in [0.25, 0.3) is 10.0 Å². The maximum absolute atomic E-state index is 14.0. The van der Waals surface area contributed by atoms with E-state index in [4.69, 9.17) is 4.74 Å². The van der Waals surface area contributed by atoms with Gasteiger partial charge in [-0.1, -0.05) is 61.4 Å². The molecule has 0 saturated heterocycles. The second-order valence-electron chi connectivity index (χ2n) is 10.3. The Morgan fingerprint density at radius 1 is 0.850 bits per heavy atom. The minimum Gasteiger partial charge on any atom is -0.497 e. The molecule has 0 radical (unpaired) electrons. The van der Waals surface area contributed by atoms with Crippen LogP contribution in [0.2, 0.25) is 0 Å². The number of nitrogens with zero attached hydrogens (tertiary/aromatic N) is 2. The van der Waals surface area contributed by atoms with Crippen molar-refractivity contribution < 1.29 is 22.7 Å². The van der Waals surface area contributed by atoms with Gasteiger partial charge in [-0.3, -0.25) is 13.9 Å². The van der Waals surface area contributed by atoms with Crippen molar-refractivity contribution in [2.45, 2.75) is 52.1 Å². The van der Waals surface area contributed by atoms with Crippen LogP contribution in [0.4, 0.5) is 5.69 Å². The monoisotopic (exact) mass is 565 g/mol. The van der Waals surface area contributed by atoms with E-state index in [1.807, 2.05) is 39.8 Å². The minimum atomic E-state index is -4.09. The first kappa shape index (κ1) is 30.7. The number of sulfonamides is 1. The molecule has 0 fully saturated rings. The molecule has 0 spiro atoms. The van der Waals surface area contributed by atoms with Crippen LogP contribution in [0.1, 0.15) is 37.5 Å². The summed E-state index contributed by atoms with van der Waals surface area (Å²) in [5.74, 6) is 0.0933. The predicted octanol–water partition coefficient (Wildman–Crippen LogP) is 4.70. The van der Waals surface area contributed by atoms with Crippen molar-refractivity contribution in [3.63, 3.8) is 0 Å². The largest absolute Gasteiger partial charge is 0.497 e. The van der Waals surface area contributed by atoms with Crippen LogP contribution in [-0.2, 0) is 26.2 Å². The van der Waals surface area contributed by atoms with E-state index < -0.39 is 28.5 Å². The molecule has 0 unspecified atom stereocenters. The average molecular weight is 566 g/mol. The maximum atomic E-state index is 14.0. The number of nitrogens with one attached hydrogen (secondary N) is 1. The maximum Gasteiger partial charge on any atom is 0.264 e. The van der Waals surface area contributed by atoms with Crippen LogP contribution in [0.3, 0.4) is 0 Å². The summed E-state index contributed by atoms with van der Waals surface area (Å²) in [6.45, 7) is 9.51. The molecule has 40 heavy (non-hydrogen) atoms.